The predicted molar refractivity (Wildman–Crippen MR) is 112 cm³/mol. The molecule has 3 rings (SSSR count). The van der Waals surface area contributed by atoms with Gasteiger partial charge >= 0.3 is 0 Å². The molecule has 29 heavy (non-hydrogen) atoms. The summed E-state index contributed by atoms with van der Waals surface area (Å²) in [5.74, 6) is 0.770. The molecular formula is C23H30N2O4. The van der Waals surface area contributed by atoms with Gasteiger partial charge in [0.15, 0.2) is 0 Å². The fourth-order valence-corrected chi connectivity index (χ4v) is 3.61. The molecule has 156 valence electrons. The van der Waals surface area contributed by atoms with Crippen molar-refractivity contribution in [2.45, 2.75) is 51.7 Å². The maximum absolute atomic E-state index is 12.6. The molecule has 6 heteroatoms. The highest BCUT2D eigenvalue weighted by Crippen LogP contribution is 2.25. The Balaban J connectivity index is 1.52. The molecule has 1 aromatic heterocycles. The van der Waals surface area contributed by atoms with Crippen LogP contribution in [0.4, 0.5) is 0 Å². The molecule has 1 atom stereocenters. The topological polar surface area (TPSA) is 71.8 Å². The van der Waals surface area contributed by atoms with Crippen LogP contribution < -0.4 is 10.3 Å². The number of nitrogens with zero attached hydrogens (tertiary/aromatic N) is 2. The summed E-state index contributed by atoms with van der Waals surface area (Å²) >= 11 is 0. The number of hydrogen-bond donors (Lipinski definition) is 1. The summed E-state index contributed by atoms with van der Waals surface area (Å²) in [6.07, 6.45) is 3.78. The standard InChI is InChI=1S/C23H30N2O4/c1-18-7-8-20(16-19(18)2)29-17-23(28)10-5-13-25(15-11-23)22(27)9-14-24-12-4-3-6-21(24)26/h3-4,6-8,12,16,28H,5,9-11,13-15,17H2,1-2H3. The highest BCUT2D eigenvalue weighted by molar-refractivity contribution is 5.76. The third kappa shape index (κ3) is 5.70. The van der Waals surface area contributed by atoms with E-state index in [0.29, 0.717) is 32.5 Å². The van der Waals surface area contributed by atoms with Crippen molar-refractivity contribution >= 4 is 5.91 Å². The summed E-state index contributed by atoms with van der Waals surface area (Å²) in [6, 6.07) is 10.9. The lowest BCUT2D eigenvalue weighted by Gasteiger charge is -2.27. The molecule has 0 saturated carbocycles. The molecule has 1 aliphatic heterocycles. The molecule has 2 heterocycles. The van der Waals surface area contributed by atoms with E-state index in [9.17, 15) is 14.7 Å². The van der Waals surface area contributed by atoms with Gasteiger partial charge in [-0.1, -0.05) is 12.1 Å². The largest absolute Gasteiger partial charge is 0.491 e. The van der Waals surface area contributed by atoms with Crippen LogP contribution in [0.5, 0.6) is 5.75 Å². The first-order valence-electron chi connectivity index (χ1n) is 10.2. The number of aliphatic hydroxyl groups is 1. The third-order valence-electron chi connectivity index (χ3n) is 5.72. The van der Waals surface area contributed by atoms with Crippen LogP contribution in [-0.2, 0) is 11.3 Å². The van der Waals surface area contributed by atoms with Crippen molar-refractivity contribution in [3.05, 3.63) is 64.1 Å². The zero-order valence-corrected chi connectivity index (χ0v) is 17.3. The Bertz CT molecular complexity index is 908. The van der Waals surface area contributed by atoms with Gasteiger partial charge in [-0.3, -0.25) is 9.59 Å². The van der Waals surface area contributed by atoms with E-state index in [-0.39, 0.29) is 24.5 Å². The molecule has 0 spiro atoms. The van der Waals surface area contributed by atoms with Crippen LogP contribution in [0.3, 0.4) is 0 Å². The van der Waals surface area contributed by atoms with Gasteiger partial charge in [0, 0.05) is 38.3 Å². The van der Waals surface area contributed by atoms with Crippen LogP contribution in [0.15, 0.2) is 47.4 Å². The summed E-state index contributed by atoms with van der Waals surface area (Å²) in [6.45, 7) is 5.79. The number of benzene rings is 1. The van der Waals surface area contributed by atoms with E-state index in [4.69, 9.17) is 4.74 Å². The fourth-order valence-electron chi connectivity index (χ4n) is 3.61. The maximum atomic E-state index is 12.6. The monoisotopic (exact) mass is 398 g/mol. The first-order chi connectivity index (χ1) is 13.9. The van der Waals surface area contributed by atoms with Gasteiger partial charge in [0.1, 0.15) is 18.0 Å². The van der Waals surface area contributed by atoms with E-state index in [0.717, 1.165) is 17.7 Å². The Hall–Kier alpha value is -2.60. The van der Waals surface area contributed by atoms with Crippen LogP contribution in [0.25, 0.3) is 0 Å². The molecule has 0 bridgehead atoms. The second-order valence-electron chi connectivity index (χ2n) is 7.98. The van der Waals surface area contributed by atoms with Gasteiger partial charge in [0.2, 0.25) is 5.91 Å². The van der Waals surface area contributed by atoms with Gasteiger partial charge in [-0.25, -0.2) is 0 Å². The second kappa shape index (κ2) is 9.27. The zero-order chi connectivity index (χ0) is 20.9. The van der Waals surface area contributed by atoms with Crippen molar-refractivity contribution in [3.8, 4) is 5.75 Å². The van der Waals surface area contributed by atoms with Crippen molar-refractivity contribution in [2.75, 3.05) is 19.7 Å². The minimum Gasteiger partial charge on any atom is -0.491 e. The Kier molecular flexibility index (Phi) is 6.75. The number of likely N-dealkylation sites (tertiary alicyclic amines) is 1. The molecule has 1 fully saturated rings. The van der Waals surface area contributed by atoms with E-state index in [2.05, 4.69) is 6.92 Å². The Morgan fingerprint density at radius 1 is 1.14 bits per heavy atom. The Labute approximate surface area is 171 Å². The number of pyridine rings is 1. The Morgan fingerprint density at radius 3 is 2.72 bits per heavy atom. The average Bonchev–Trinajstić information content (AvgIpc) is 2.90. The lowest BCUT2D eigenvalue weighted by molar-refractivity contribution is -0.131. The molecule has 1 saturated heterocycles. The normalized spacial score (nSPS) is 19.6. The van der Waals surface area contributed by atoms with Crippen LogP contribution in [-0.4, -0.2) is 45.8 Å². The van der Waals surface area contributed by atoms with Crippen molar-refractivity contribution in [1.29, 1.82) is 0 Å². The lowest BCUT2D eigenvalue weighted by Crippen LogP contribution is -2.38. The number of amides is 1. The summed E-state index contributed by atoms with van der Waals surface area (Å²) < 4.78 is 7.41. The number of aryl methyl sites for hydroxylation is 3. The number of rotatable bonds is 6. The van der Waals surface area contributed by atoms with Gasteiger partial charge in [-0.05, 0) is 62.4 Å². The van der Waals surface area contributed by atoms with Crippen molar-refractivity contribution in [1.82, 2.24) is 9.47 Å². The van der Waals surface area contributed by atoms with Crippen LogP contribution >= 0.6 is 0 Å². The summed E-state index contributed by atoms with van der Waals surface area (Å²) in [4.78, 5) is 26.2. The number of carbonyl (C=O) groups excluding carboxylic acids is 1. The number of aromatic nitrogens is 1. The molecule has 1 N–H and O–H groups in total. The average molecular weight is 399 g/mol. The van der Waals surface area contributed by atoms with Gasteiger partial charge in [0.25, 0.3) is 5.56 Å². The molecule has 1 amide bonds. The zero-order valence-electron chi connectivity index (χ0n) is 17.3. The van der Waals surface area contributed by atoms with E-state index >= 15 is 0 Å². The lowest BCUT2D eigenvalue weighted by atomic mass is 9.96. The minimum absolute atomic E-state index is 0.0140. The smallest absolute Gasteiger partial charge is 0.250 e. The van der Waals surface area contributed by atoms with E-state index in [1.54, 1.807) is 27.8 Å². The van der Waals surface area contributed by atoms with Gasteiger partial charge < -0.3 is 19.3 Å². The first kappa shape index (κ1) is 21.1. The number of ether oxygens (including phenoxy) is 1. The van der Waals surface area contributed by atoms with Gasteiger partial charge in [0.05, 0.1) is 0 Å². The quantitative estimate of drug-likeness (QED) is 0.812. The van der Waals surface area contributed by atoms with Crippen molar-refractivity contribution < 1.29 is 14.6 Å². The minimum atomic E-state index is -0.940. The molecule has 0 aliphatic carbocycles. The van der Waals surface area contributed by atoms with Crippen LogP contribution in [0, 0.1) is 13.8 Å². The van der Waals surface area contributed by atoms with Crippen molar-refractivity contribution in [3.63, 3.8) is 0 Å². The Morgan fingerprint density at radius 2 is 1.97 bits per heavy atom. The number of carbonyl (C=O) groups is 1. The highest BCUT2D eigenvalue weighted by atomic mass is 16.5. The molecule has 2 aromatic rings. The fraction of sp³-hybridized carbons (Fsp3) is 0.478. The van der Waals surface area contributed by atoms with Crippen LogP contribution in [0.1, 0.15) is 36.8 Å². The molecular weight excluding hydrogens is 368 g/mol. The second-order valence-corrected chi connectivity index (χ2v) is 7.98. The molecule has 1 aromatic carbocycles. The van der Waals surface area contributed by atoms with Gasteiger partial charge in [-0.2, -0.15) is 0 Å². The van der Waals surface area contributed by atoms with E-state index < -0.39 is 5.60 Å². The number of hydrogen-bond acceptors (Lipinski definition) is 4. The first-order valence-corrected chi connectivity index (χ1v) is 10.2. The molecule has 6 nitrogen and oxygen atoms in total. The summed E-state index contributed by atoms with van der Waals surface area (Å²) in [5.41, 5.74) is 1.32. The van der Waals surface area contributed by atoms with Gasteiger partial charge in [-0.15, -0.1) is 0 Å². The maximum Gasteiger partial charge on any atom is 0.250 e. The van der Waals surface area contributed by atoms with Crippen molar-refractivity contribution in [2.24, 2.45) is 0 Å². The highest BCUT2D eigenvalue weighted by Gasteiger charge is 2.32. The molecule has 0 radical (unpaired) electrons. The SMILES string of the molecule is Cc1ccc(OCC2(O)CCCN(C(=O)CCn3ccccc3=O)CC2)cc1C. The summed E-state index contributed by atoms with van der Waals surface area (Å²) in [7, 11) is 0. The molecule has 1 aliphatic rings. The predicted octanol–water partition coefficient (Wildman–Crippen LogP) is 2.68. The van der Waals surface area contributed by atoms with Crippen LogP contribution in [0.2, 0.25) is 0 Å². The third-order valence-corrected chi connectivity index (χ3v) is 5.72. The molecule has 1 unspecified atom stereocenters. The van der Waals surface area contributed by atoms with E-state index in [1.807, 2.05) is 25.1 Å². The summed E-state index contributed by atoms with van der Waals surface area (Å²) in [5, 5.41) is 11.0. The van der Waals surface area contributed by atoms with E-state index in [1.165, 1.54) is 11.6 Å².